The summed E-state index contributed by atoms with van der Waals surface area (Å²) in [5, 5.41) is 28.1. The summed E-state index contributed by atoms with van der Waals surface area (Å²) in [6.45, 7) is 6.36. The molecule has 0 aromatic rings. The summed E-state index contributed by atoms with van der Waals surface area (Å²) < 4.78 is 5.38. The Balaban J connectivity index is 3.71. The van der Waals surface area contributed by atoms with Crippen LogP contribution < -0.4 is 0 Å². The quantitative estimate of drug-likeness (QED) is 0.519. The van der Waals surface area contributed by atoms with Gasteiger partial charge in [0.1, 0.15) is 5.60 Å². The van der Waals surface area contributed by atoms with Gasteiger partial charge in [-0.1, -0.05) is 13.8 Å². The molecule has 0 aromatic heterocycles. The zero-order chi connectivity index (χ0) is 12.6. The van der Waals surface area contributed by atoms with Crippen LogP contribution in [-0.2, 0) is 4.74 Å². The molecule has 0 spiro atoms. The third-order valence-corrected chi connectivity index (χ3v) is 3.12. The fraction of sp³-hybridized carbons (Fsp3) is 1.00. The van der Waals surface area contributed by atoms with Gasteiger partial charge in [-0.3, -0.25) is 0 Å². The summed E-state index contributed by atoms with van der Waals surface area (Å²) >= 11 is 0. The second kappa shape index (κ2) is 8.01. The Kier molecular flexibility index (Phi) is 7.93. The van der Waals surface area contributed by atoms with Crippen LogP contribution in [-0.4, -0.2) is 46.8 Å². The van der Waals surface area contributed by atoms with E-state index in [4.69, 9.17) is 9.84 Å². The van der Waals surface area contributed by atoms with E-state index in [2.05, 4.69) is 6.92 Å². The zero-order valence-electron chi connectivity index (χ0n) is 10.6. The molecule has 0 aliphatic rings. The highest BCUT2D eigenvalue weighted by molar-refractivity contribution is 4.82. The third-order valence-electron chi connectivity index (χ3n) is 3.12. The van der Waals surface area contributed by atoms with Crippen LogP contribution in [0.2, 0.25) is 0 Å². The second-order valence-electron chi connectivity index (χ2n) is 4.59. The van der Waals surface area contributed by atoms with Gasteiger partial charge in [0, 0.05) is 13.2 Å². The molecule has 0 bridgehead atoms. The minimum Gasteiger partial charge on any atom is -0.396 e. The van der Waals surface area contributed by atoms with Crippen LogP contribution >= 0.6 is 0 Å². The maximum absolute atomic E-state index is 9.95. The summed E-state index contributed by atoms with van der Waals surface area (Å²) in [4.78, 5) is 0. The number of aliphatic hydroxyl groups excluding tert-OH is 2. The number of ether oxygens (including phenoxy) is 1. The van der Waals surface area contributed by atoms with Gasteiger partial charge in [0.2, 0.25) is 0 Å². The fourth-order valence-corrected chi connectivity index (χ4v) is 1.42. The molecular weight excluding hydrogens is 208 g/mol. The summed E-state index contributed by atoms with van der Waals surface area (Å²) in [5.41, 5.74) is -1.14. The normalized spacial score (nSPS) is 19.1. The van der Waals surface area contributed by atoms with Crippen LogP contribution in [0.5, 0.6) is 0 Å². The van der Waals surface area contributed by atoms with Crippen LogP contribution in [0.15, 0.2) is 0 Å². The van der Waals surface area contributed by atoms with E-state index in [1.807, 2.05) is 6.92 Å². The first-order valence-electron chi connectivity index (χ1n) is 6.05. The van der Waals surface area contributed by atoms with E-state index in [9.17, 15) is 10.2 Å². The van der Waals surface area contributed by atoms with Crippen molar-refractivity contribution in [2.45, 2.75) is 51.7 Å². The average molecular weight is 234 g/mol. The largest absolute Gasteiger partial charge is 0.396 e. The van der Waals surface area contributed by atoms with Crippen LogP contribution in [0.4, 0.5) is 0 Å². The Morgan fingerprint density at radius 2 is 1.88 bits per heavy atom. The first-order chi connectivity index (χ1) is 7.46. The van der Waals surface area contributed by atoms with E-state index < -0.39 is 11.7 Å². The predicted octanol–water partition coefficient (Wildman–Crippen LogP) is 0.933. The highest BCUT2D eigenvalue weighted by Gasteiger charge is 2.30. The van der Waals surface area contributed by atoms with Gasteiger partial charge in [0.25, 0.3) is 0 Å². The third kappa shape index (κ3) is 5.80. The summed E-state index contributed by atoms with van der Waals surface area (Å²) in [5.74, 6) is 0.422. The van der Waals surface area contributed by atoms with Crippen molar-refractivity contribution >= 4 is 0 Å². The van der Waals surface area contributed by atoms with Crippen LogP contribution in [0.25, 0.3) is 0 Å². The molecule has 0 saturated heterocycles. The lowest BCUT2D eigenvalue weighted by molar-refractivity contribution is -0.117. The Labute approximate surface area is 98.2 Å². The van der Waals surface area contributed by atoms with Gasteiger partial charge in [-0.2, -0.15) is 0 Å². The first kappa shape index (κ1) is 15.8. The van der Waals surface area contributed by atoms with Crippen molar-refractivity contribution in [1.29, 1.82) is 0 Å². The molecule has 3 atom stereocenters. The Bertz CT molecular complexity index is 172. The lowest BCUT2D eigenvalue weighted by atomic mass is 9.96. The SMILES string of the molecule is CCC(O)(COCCC(C)CCO)C(C)O. The Morgan fingerprint density at radius 1 is 1.25 bits per heavy atom. The number of hydrogen-bond donors (Lipinski definition) is 3. The van der Waals surface area contributed by atoms with Crippen molar-refractivity contribution in [2.75, 3.05) is 19.8 Å². The van der Waals surface area contributed by atoms with E-state index in [-0.39, 0.29) is 13.2 Å². The van der Waals surface area contributed by atoms with Gasteiger partial charge < -0.3 is 20.1 Å². The minimum atomic E-state index is -1.14. The summed E-state index contributed by atoms with van der Waals surface area (Å²) in [6, 6.07) is 0. The van der Waals surface area contributed by atoms with Gasteiger partial charge in [-0.25, -0.2) is 0 Å². The van der Waals surface area contributed by atoms with E-state index in [0.717, 1.165) is 12.8 Å². The molecule has 98 valence electrons. The minimum absolute atomic E-state index is 0.160. The fourth-order valence-electron chi connectivity index (χ4n) is 1.42. The standard InChI is InChI=1S/C12H26O4/c1-4-12(15,11(3)14)9-16-8-6-10(2)5-7-13/h10-11,13-15H,4-9H2,1-3H3. The zero-order valence-corrected chi connectivity index (χ0v) is 10.6. The van der Waals surface area contributed by atoms with Gasteiger partial charge in [-0.05, 0) is 32.1 Å². The van der Waals surface area contributed by atoms with Gasteiger partial charge in [0.15, 0.2) is 0 Å². The molecule has 0 aliphatic carbocycles. The molecule has 0 aliphatic heterocycles. The number of aliphatic hydroxyl groups is 3. The van der Waals surface area contributed by atoms with Crippen LogP contribution in [0.3, 0.4) is 0 Å². The first-order valence-corrected chi connectivity index (χ1v) is 6.05. The molecule has 0 fully saturated rings. The highest BCUT2D eigenvalue weighted by Crippen LogP contribution is 2.16. The molecule has 0 aromatic carbocycles. The molecule has 4 nitrogen and oxygen atoms in total. The lowest BCUT2D eigenvalue weighted by Crippen LogP contribution is -2.44. The van der Waals surface area contributed by atoms with E-state index in [0.29, 0.717) is 18.9 Å². The predicted molar refractivity (Wildman–Crippen MR) is 63.2 cm³/mol. The smallest absolute Gasteiger partial charge is 0.113 e. The topological polar surface area (TPSA) is 69.9 Å². The monoisotopic (exact) mass is 234 g/mol. The summed E-state index contributed by atoms with van der Waals surface area (Å²) in [6.07, 6.45) is 1.32. The molecule has 3 unspecified atom stereocenters. The molecule has 3 N–H and O–H groups in total. The Morgan fingerprint density at radius 3 is 2.31 bits per heavy atom. The van der Waals surface area contributed by atoms with Gasteiger partial charge in [0.05, 0.1) is 12.7 Å². The van der Waals surface area contributed by atoms with Gasteiger partial charge >= 0.3 is 0 Å². The molecule has 0 rings (SSSR count). The molecular formula is C12H26O4. The van der Waals surface area contributed by atoms with Crippen molar-refractivity contribution in [3.63, 3.8) is 0 Å². The van der Waals surface area contributed by atoms with Crippen molar-refractivity contribution in [2.24, 2.45) is 5.92 Å². The Hall–Kier alpha value is -0.160. The molecule has 0 amide bonds. The molecule has 0 heterocycles. The molecule has 16 heavy (non-hydrogen) atoms. The van der Waals surface area contributed by atoms with Crippen LogP contribution in [0.1, 0.15) is 40.0 Å². The lowest BCUT2D eigenvalue weighted by Gasteiger charge is -2.29. The van der Waals surface area contributed by atoms with Crippen molar-refractivity contribution < 1.29 is 20.1 Å². The van der Waals surface area contributed by atoms with Gasteiger partial charge in [-0.15, -0.1) is 0 Å². The van der Waals surface area contributed by atoms with Crippen molar-refractivity contribution in [3.8, 4) is 0 Å². The maximum Gasteiger partial charge on any atom is 0.113 e. The molecule has 0 saturated carbocycles. The van der Waals surface area contributed by atoms with E-state index >= 15 is 0 Å². The molecule has 0 radical (unpaired) electrons. The maximum atomic E-state index is 9.95. The highest BCUT2D eigenvalue weighted by atomic mass is 16.5. The summed E-state index contributed by atoms with van der Waals surface area (Å²) in [7, 11) is 0. The van der Waals surface area contributed by atoms with E-state index in [1.54, 1.807) is 6.92 Å². The van der Waals surface area contributed by atoms with Crippen LogP contribution in [0, 0.1) is 5.92 Å². The second-order valence-corrected chi connectivity index (χ2v) is 4.59. The number of rotatable bonds is 9. The molecule has 4 heteroatoms. The van der Waals surface area contributed by atoms with Crippen molar-refractivity contribution in [3.05, 3.63) is 0 Å². The van der Waals surface area contributed by atoms with E-state index in [1.165, 1.54) is 0 Å². The van der Waals surface area contributed by atoms with Crippen molar-refractivity contribution in [1.82, 2.24) is 0 Å². The number of hydrogen-bond acceptors (Lipinski definition) is 4. The average Bonchev–Trinajstić information content (AvgIpc) is 2.24.